The number of hydrogen-bond acceptors (Lipinski definition) is 3. The zero-order valence-corrected chi connectivity index (χ0v) is 9.17. The first-order chi connectivity index (χ1) is 6.53. The highest BCUT2D eigenvalue weighted by Crippen LogP contribution is 2.17. The van der Waals surface area contributed by atoms with Gasteiger partial charge in [0.15, 0.2) is 0 Å². The van der Waals surface area contributed by atoms with E-state index in [2.05, 4.69) is 24.1 Å². The van der Waals surface area contributed by atoms with Crippen molar-refractivity contribution < 1.29 is 0 Å². The molecule has 1 aromatic heterocycles. The Morgan fingerprint density at radius 3 is 2.79 bits per heavy atom. The molecule has 78 valence electrons. The highest BCUT2D eigenvalue weighted by Gasteiger charge is 2.15. The summed E-state index contributed by atoms with van der Waals surface area (Å²) in [5.74, 6) is 0. The molecule has 0 unspecified atom stereocenters. The summed E-state index contributed by atoms with van der Waals surface area (Å²) in [5.41, 5.74) is 7.72. The van der Waals surface area contributed by atoms with Crippen molar-refractivity contribution in [3.63, 3.8) is 0 Å². The highest BCUT2D eigenvalue weighted by molar-refractivity contribution is 5.45. The third-order valence-electron chi connectivity index (χ3n) is 2.15. The van der Waals surface area contributed by atoms with Crippen LogP contribution in [-0.4, -0.2) is 17.1 Å². The normalized spacial score (nSPS) is 11.4. The van der Waals surface area contributed by atoms with Gasteiger partial charge in [0.1, 0.15) is 0 Å². The van der Waals surface area contributed by atoms with Crippen molar-refractivity contribution in [3.05, 3.63) is 24.0 Å². The zero-order valence-electron chi connectivity index (χ0n) is 9.17. The van der Waals surface area contributed by atoms with E-state index in [-0.39, 0.29) is 5.54 Å². The van der Waals surface area contributed by atoms with Gasteiger partial charge in [0, 0.05) is 23.1 Å². The van der Waals surface area contributed by atoms with E-state index in [0.29, 0.717) is 6.54 Å². The first-order valence-electron chi connectivity index (χ1n) is 4.94. The SMILES string of the molecule is Cc1cc(NC(C)(C)CCN)ccn1. The minimum absolute atomic E-state index is 0.0442. The average molecular weight is 193 g/mol. The predicted octanol–water partition coefficient (Wildman–Crippen LogP) is 1.93. The number of nitrogens with two attached hydrogens (primary N) is 1. The molecule has 14 heavy (non-hydrogen) atoms. The average Bonchev–Trinajstić information content (AvgIpc) is 2.02. The van der Waals surface area contributed by atoms with Gasteiger partial charge in [-0.3, -0.25) is 4.98 Å². The lowest BCUT2D eigenvalue weighted by Gasteiger charge is -2.27. The molecule has 0 atom stereocenters. The van der Waals surface area contributed by atoms with Crippen molar-refractivity contribution in [2.24, 2.45) is 5.73 Å². The molecular weight excluding hydrogens is 174 g/mol. The molecule has 0 spiro atoms. The van der Waals surface area contributed by atoms with Crippen LogP contribution in [0.2, 0.25) is 0 Å². The van der Waals surface area contributed by atoms with Gasteiger partial charge in [-0.05, 0) is 45.9 Å². The van der Waals surface area contributed by atoms with Crippen molar-refractivity contribution in [2.45, 2.75) is 32.7 Å². The van der Waals surface area contributed by atoms with E-state index in [4.69, 9.17) is 5.73 Å². The van der Waals surface area contributed by atoms with E-state index in [1.807, 2.05) is 25.3 Å². The maximum atomic E-state index is 5.55. The minimum Gasteiger partial charge on any atom is -0.380 e. The molecule has 0 bridgehead atoms. The van der Waals surface area contributed by atoms with Gasteiger partial charge in [0.25, 0.3) is 0 Å². The summed E-state index contributed by atoms with van der Waals surface area (Å²) in [6, 6.07) is 4.02. The maximum Gasteiger partial charge on any atom is 0.0393 e. The number of aromatic nitrogens is 1. The number of aryl methyl sites for hydroxylation is 1. The summed E-state index contributed by atoms with van der Waals surface area (Å²) in [4.78, 5) is 4.15. The molecule has 0 radical (unpaired) electrons. The van der Waals surface area contributed by atoms with Crippen LogP contribution in [0.1, 0.15) is 26.0 Å². The zero-order chi connectivity index (χ0) is 10.6. The Morgan fingerprint density at radius 1 is 1.50 bits per heavy atom. The van der Waals surface area contributed by atoms with Gasteiger partial charge in [-0.2, -0.15) is 0 Å². The van der Waals surface area contributed by atoms with Crippen molar-refractivity contribution in [1.82, 2.24) is 4.98 Å². The molecule has 3 N–H and O–H groups in total. The molecule has 0 aliphatic carbocycles. The second kappa shape index (κ2) is 4.42. The van der Waals surface area contributed by atoms with Gasteiger partial charge in [0.2, 0.25) is 0 Å². The summed E-state index contributed by atoms with van der Waals surface area (Å²) in [6.07, 6.45) is 2.77. The molecule has 1 aromatic rings. The van der Waals surface area contributed by atoms with Crippen LogP contribution in [0.3, 0.4) is 0 Å². The molecule has 0 saturated carbocycles. The fourth-order valence-corrected chi connectivity index (χ4v) is 1.44. The lowest BCUT2D eigenvalue weighted by molar-refractivity contribution is 0.526. The van der Waals surface area contributed by atoms with Crippen LogP contribution in [0.5, 0.6) is 0 Å². The molecule has 0 aliphatic heterocycles. The van der Waals surface area contributed by atoms with Gasteiger partial charge in [0.05, 0.1) is 0 Å². The van der Waals surface area contributed by atoms with Crippen LogP contribution in [0.15, 0.2) is 18.3 Å². The Morgan fingerprint density at radius 2 is 2.21 bits per heavy atom. The maximum absolute atomic E-state index is 5.55. The lowest BCUT2D eigenvalue weighted by Crippen LogP contribution is -2.33. The van der Waals surface area contributed by atoms with Crippen LogP contribution in [0, 0.1) is 6.92 Å². The smallest absolute Gasteiger partial charge is 0.0393 e. The summed E-state index contributed by atoms with van der Waals surface area (Å²) in [5, 5.41) is 3.44. The largest absolute Gasteiger partial charge is 0.380 e. The van der Waals surface area contributed by atoms with Gasteiger partial charge >= 0.3 is 0 Å². The molecule has 3 nitrogen and oxygen atoms in total. The Labute approximate surface area is 85.7 Å². The van der Waals surface area contributed by atoms with E-state index in [1.165, 1.54) is 0 Å². The van der Waals surface area contributed by atoms with Crippen LogP contribution in [-0.2, 0) is 0 Å². The quantitative estimate of drug-likeness (QED) is 0.768. The molecule has 0 aliphatic rings. The van der Waals surface area contributed by atoms with E-state index >= 15 is 0 Å². The lowest BCUT2D eigenvalue weighted by atomic mass is 10.0. The second-order valence-corrected chi connectivity index (χ2v) is 4.23. The second-order valence-electron chi connectivity index (χ2n) is 4.23. The van der Waals surface area contributed by atoms with Crippen LogP contribution < -0.4 is 11.1 Å². The summed E-state index contributed by atoms with van der Waals surface area (Å²) in [6.45, 7) is 6.98. The number of rotatable bonds is 4. The van der Waals surface area contributed by atoms with Gasteiger partial charge < -0.3 is 11.1 Å². The third kappa shape index (κ3) is 3.34. The first-order valence-corrected chi connectivity index (χ1v) is 4.94. The number of nitrogens with one attached hydrogen (secondary N) is 1. The highest BCUT2D eigenvalue weighted by atomic mass is 15.0. The van der Waals surface area contributed by atoms with E-state index < -0.39 is 0 Å². The fraction of sp³-hybridized carbons (Fsp3) is 0.545. The Hall–Kier alpha value is -1.09. The molecule has 1 heterocycles. The van der Waals surface area contributed by atoms with Crippen molar-refractivity contribution in [2.75, 3.05) is 11.9 Å². The first kappa shape index (κ1) is 11.0. The van der Waals surface area contributed by atoms with Crippen LogP contribution in [0.25, 0.3) is 0 Å². The molecule has 1 rings (SSSR count). The monoisotopic (exact) mass is 193 g/mol. The van der Waals surface area contributed by atoms with Crippen LogP contribution >= 0.6 is 0 Å². The molecule has 0 amide bonds. The molecular formula is C11H19N3. The van der Waals surface area contributed by atoms with Gasteiger partial charge in [-0.1, -0.05) is 0 Å². The Bertz CT molecular complexity index is 294. The number of anilines is 1. The number of hydrogen-bond donors (Lipinski definition) is 2. The predicted molar refractivity (Wildman–Crippen MR) is 60.3 cm³/mol. The molecule has 0 fully saturated rings. The number of nitrogens with zero attached hydrogens (tertiary/aromatic N) is 1. The standard InChI is InChI=1S/C11H19N3/c1-9-8-10(4-7-13-9)14-11(2,3)5-6-12/h4,7-8H,5-6,12H2,1-3H3,(H,13,14). The summed E-state index contributed by atoms with van der Waals surface area (Å²) < 4.78 is 0. The molecule has 3 heteroatoms. The Kier molecular flexibility index (Phi) is 3.47. The van der Waals surface area contributed by atoms with Gasteiger partial charge in [-0.25, -0.2) is 0 Å². The van der Waals surface area contributed by atoms with E-state index in [9.17, 15) is 0 Å². The Balaban J connectivity index is 2.68. The topological polar surface area (TPSA) is 50.9 Å². The van der Waals surface area contributed by atoms with Gasteiger partial charge in [-0.15, -0.1) is 0 Å². The van der Waals surface area contributed by atoms with Crippen molar-refractivity contribution in [1.29, 1.82) is 0 Å². The van der Waals surface area contributed by atoms with Crippen molar-refractivity contribution in [3.8, 4) is 0 Å². The minimum atomic E-state index is 0.0442. The molecule has 0 aromatic carbocycles. The molecule has 0 saturated heterocycles. The summed E-state index contributed by atoms with van der Waals surface area (Å²) >= 11 is 0. The van der Waals surface area contributed by atoms with Crippen molar-refractivity contribution >= 4 is 5.69 Å². The fourth-order valence-electron chi connectivity index (χ4n) is 1.44. The van der Waals surface area contributed by atoms with Crippen LogP contribution in [0.4, 0.5) is 5.69 Å². The number of pyridine rings is 1. The summed E-state index contributed by atoms with van der Waals surface area (Å²) in [7, 11) is 0. The van der Waals surface area contributed by atoms with E-state index in [1.54, 1.807) is 0 Å². The third-order valence-corrected chi connectivity index (χ3v) is 2.15. The van der Waals surface area contributed by atoms with E-state index in [0.717, 1.165) is 17.8 Å².